The molecule has 0 aliphatic heterocycles. The summed E-state index contributed by atoms with van der Waals surface area (Å²) in [7, 11) is 5.95. The maximum atomic E-state index is 5.98. The molecule has 5 heteroatoms. The Kier molecular flexibility index (Phi) is 6.99. The van der Waals surface area contributed by atoms with Crippen LogP contribution < -0.4 is 10.6 Å². The molecule has 0 saturated carbocycles. The average Bonchev–Trinajstić information content (AvgIpc) is 2.42. The van der Waals surface area contributed by atoms with E-state index in [1.54, 1.807) is 7.05 Å². The van der Waals surface area contributed by atoms with E-state index in [1.165, 1.54) is 5.56 Å². The fraction of sp³-hybridized carbons (Fsp3) is 0.562. The molecule has 0 heterocycles. The van der Waals surface area contributed by atoms with Gasteiger partial charge in [0.05, 0.1) is 0 Å². The van der Waals surface area contributed by atoms with Gasteiger partial charge in [-0.05, 0) is 52.1 Å². The molecule has 0 radical (unpaired) electrons. The number of likely N-dealkylation sites (N-methyl/N-ethyl adjacent to an activating group) is 1. The van der Waals surface area contributed by atoms with Crippen LogP contribution in [-0.4, -0.2) is 50.6 Å². The topological polar surface area (TPSA) is 39.7 Å². The van der Waals surface area contributed by atoms with Crippen molar-refractivity contribution in [3.63, 3.8) is 0 Å². The van der Waals surface area contributed by atoms with Gasteiger partial charge in [0.1, 0.15) is 0 Å². The first kappa shape index (κ1) is 17.8. The highest BCUT2D eigenvalue weighted by Gasteiger charge is 2.20. The van der Waals surface area contributed by atoms with Gasteiger partial charge >= 0.3 is 0 Å². The van der Waals surface area contributed by atoms with Crippen molar-refractivity contribution >= 4 is 17.6 Å². The molecule has 0 fully saturated rings. The number of halogens is 1. The van der Waals surface area contributed by atoms with E-state index >= 15 is 0 Å². The zero-order valence-corrected chi connectivity index (χ0v) is 14.5. The van der Waals surface area contributed by atoms with Crippen LogP contribution >= 0.6 is 11.6 Å². The highest BCUT2D eigenvalue weighted by Crippen LogP contribution is 2.10. The number of nitrogens with one attached hydrogen (secondary N) is 2. The number of guanidine groups is 1. The maximum absolute atomic E-state index is 5.98. The van der Waals surface area contributed by atoms with Gasteiger partial charge in [0.2, 0.25) is 0 Å². The molecule has 1 aromatic carbocycles. The van der Waals surface area contributed by atoms with Crippen molar-refractivity contribution in [1.82, 2.24) is 15.5 Å². The van der Waals surface area contributed by atoms with Crippen LogP contribution in [0.25, 0.3) is 0 Å². The fourth-order valence-electron chi connectivity index (χ4n) is 1.70. The summed E-state index contributed by atoms with van der Waals surface area (Å²) in [6.07, 6.45) is 0.915. The lowest BCUT2D eigenvalue weighted by atomic mass is 10.0. The zero-order valence-electron chi connectivity index (χ0n) is 13.7. The van der Waals surface area contributed by atoms with E-state index in [2.05, 4.69) is 54.5 Å². The fourth-order valence-corrected chi connectivity index (χ4v) is 1.91. The van der Waals surface area contributed by atoms with Crippen LogP contribution in [0.5, 0.6) is 0 Å². The van der Waals surface area contributed by atoms with E-state index in [0.717, 1.165) is 30.5 Å². The van der Waals surface area contributed by atoms with Crippen LogP contribution in [0, 0.1) is 0 Å². The molecular weight excluding hydrogens is 284 g/mol. The molecule has 4 nitrogen and oxygen atoms in total. The van der Waals surface area contributed by atoms with Crippen LogP contribution in [0.4, 0.5) is 0 Å². The van der Waals surface area contributed by atoms with E-state index in [1.807, 2.05) is 18.2 Å². The van der Waals surface area contributed by atoms with E-state index < -0.39 is 0 Å². The normalized spacial score (nSPS) is 12.6. The molecule has 118 valence electrons. The highest BCUT2D eigenvalue weighted by molar-refractivity contribution is 6.30. The van der Waals surface area contributed by atoms with Gasteiger partial charge in [0.25, 0.3) is 0 Å². The first-order chi connectivity index (χ1) is 9.85. The monoisotopic (exact) mass is 310 g/mol. The van der Waals surface area contributed by atoms with Gasteiger partial charge in [-0.2, -0.15) is 0 Å². The van der Waals surface area contributed by atoms with Crippen molar-refractivity contribution in [1.29, 1.82) is 0 Å². The summed E-state index contributed by atoms with van der Waals surface area (Å²) in [5.74, 6) is 0.826. The second-order valence-electron chi connectivity index (χ2n) is 5.94. The Labute approximate surface area is 133 Å². The second kappa shape index (κ2) is 8.25. The highest BCUT2D eigenvalue weighted by atomic mass is 35.5. The maximum Gasteiger partial charge on any atom is 0.191 e. The molecule has 0 bridgehead atoms. The summed E-state index contributed by atoms with van der Waals surface area (Å²) in [6.45, 7) is 6.04. The first-order valence-corrected chi connectivity index (χ1v) is 7.59. The van der Waals surface area contributed by atoms with Crippen molar-refractivity contribution < 1.29 is 0 Å². The Morgan fingerprint density at radius 2 is 2.00 bits per heavy atom. The minimum atomic E-state index is 0.0740. The van der Waals surface area contributed by atoms with Crippen LogP contribution in [0.1, 0.15) is 19.4 Å². The quantitative estimate of drug-likeness (QED) is 0.626. The van der Waals surface area contributed by atoms with Crippen LogP contribution in [0.2, 0.25) is 5.02 Å². The number of hydrogen-bond donors (Lipinski definition) is 2. The van der Waals surface area contributed by atoms with Crippen molar-refractivity contribution in [2.24, 2.45) is 4.99 Å². The third-order valence-corrected chi connectivity index (χ3v) is 3.95. The van der Waals surface area contributed by atoms with Gasteiger partial charge in [-0.3, -0.25) is 4.99 Å². The Bertz CT molecular complexity index is 469. The average molecular weight is 311 g/mol. The number of nitrogens with zero attached hydrogens (tertiary/aromatic N) is 2. The van der Waals surface area contributed by atoms with Gasteiger partial charge in [0.15, 0.2) is 5.96 Å². The molecule has 0 aliphatic rings. The van der Waals surface area contributed by atoms with Crippen molar-refractivity contribution in [3.8, 4) is 0 Å². The van der Waals surface area contributed by atoms with Crippen molar-refractivity contribution in [3.05, 3.63) is 34.9 Å². The van der Waals surface area contributed by atoms with E-state index in [4.69, 9.17) is 11.6 Å². The molecule has 1 rings (SSSR count). The van der Waals surface area contributed by atoms with Gasteiger partial charge in [0, 0.05) is 30.7 Å². The van der Waals surface area contributed by atoms with E-state index in [-0.39, 0.29) is 5.54 Å². The molecule has 1 aromatic rings. The van der Waals surface area contributed by atoms with Crippen molar-refractivity contribution in [2.45, 2.75) is 25.8 Å². The lowest BCUT2D eigenvalue weighted by Crippen LogP contribution is -2.51. The van der Waals surface area contributed by atoms with E-state index in [9.17, 15) is 0 Å². The molecule has 0 atom stereocenters. The predicted molar refractivity (Wildman–Crippen MR) is 92.3 cm³/mol. The number of rotatable bonds is 6. The molecule has 0 aliphatic carbocycles. The summed E-state index contributed by atoms with van der Waals surface area (Å²) in [5.41, 5.74) is 1.30. The minimum absolute atomic E-state index is 0.0740. The largest absolute Gasteiger partial charge is 0.356 e. The van der Waals surface area contributed by atoms with Crippen molar-refractivity contribution in [2.75, 3.05) is 34.2 Å². The van der Waals surface area contributed by atoms with Crippen LogP contribution in [-0.2, 0) is 6.42 Å². The Morgan fingerprint density at radius 3 is 2.57 bits per heavy atom. The van der Waals surface area contributed by atoms with Gasteiger partial charge in [-0.25, -0.2) is 0 Å². The predicted octanol–water partition coefficient (Wildman–Crippen LogP) is 2.39. The van der Waals surface area contributed by atoms with Crippen LogP contribution in [0.15, 0.2) is 29.3 Å². The molecule has 0 spiro atoms. The first-order valence-electron chi connectivity index (χ1n) is 7.21. The molecule has 21 heavy (non-hydrogen) atoms. The number of aliphatic imine (C=N–C) groups is 1. The molecular formula is C16H27ClN4. The third kappa shape index (κ3) is 6.36. The number of hydrogen-bond acceptors (Lipinski definition) is 2. The molecule has 2 N–H and O–H groups in total. The molecule has 0 amide bonds. The zero-order chi connectivity index (χ0) is 15.9. The molecule has 0 aromatic heterocycles. The summed E-state index contributed by atoms with van der Waals surface area (Å²) in [4.78, 5) is 6.44. The second-order valence-corrected chi connectivity index (χ2v) is 6.38. The Morgan fingerprint density at radius 1 is 1.29 bits per heavy atom. The molecule has 0 saturated heterocycles. The minimum Gasteiger partial charge on any atom is -0.356 e. The molecule has 0 unspecified atom stereocenters. The summed E-state index contributed by atoms with van der Waals surface area (Å²) in [5, 5.41) is 7.47. The summed E-state index contributed by atoms with van der Waals surface area (Å²) in [6, 6.07) is 7.94. The summed E-state index contributed by atoms with van der Waals surface area (Å²) < 4.78 is 0. The Hall–Kier alpha value is -1.26. The standard InChI is InChI=1S/C16H27ClN4/c1-16(2,21(4)5)12-20-15(18-3)19-10-9-13-7-6-8-14(17)11-13/h6-8,11H,9-10,12H2,1-5H3,(H2,18,19,20). The number of benzene rings is 1. The lowest BCUT2D eigenvalue weighted by molar-refractivity contribution is 0.197. The van der Waals surface area contributed by atoms with Gasteiger partial charge < -0.3 is 15.5 Å². The third-order valence-electron chi connectivity index (χ3n) is 3.72. The summed E-state index contributed by atoms with van der Waals surface area (Å²) >= 11 is 5.98. The SMILES string of the molecule is CN=C(NCCc1cccc(Cl)c1)NCC(C)(C)N(C)C. The van der Waals surface area contributed by atoms with Gasteiger partial charge in [-0.15, -0.1) is 0 Å². The Balaban J connectivity index is 2.39. The smallest absolute Gasteiger partial charge is 0.191 e. The van der Waals surface area contributed by atoms with E-state index in [0.29, 0.717) is 0 Å². The lowest BCUT2D eigenvalue weighted by Gasteiger charge is -2.33. The van der Waals surface area contributed by atoms with Crippen LogP contribution in [0.3, 0.4) is 0 Å². The van der Waals surface area contributed by atoms with Gasteiger partial charge in [-0.1, -0.05) is 23.7 Å².